The highest BCUT2D eigenvalue weighted by Gasteiger charge is 2.20. The van der Waals surface area contributed by atoms with Crippen LogP contribution in [0.15, 0.2) is 29.2 Å². The third kappa shape index (κ3) is 5.54. The summed E-state index contributed by atoms with van der Waals surface area (Å²) in [4.78, 5) is 13.2. The van der Waals surface area contributed by atoms with Gasteiger partial charge in [-0.05, 0) is 37.3 Å². The Morgan fingerprint density at radius 1 is 1.36 bits per heavy atom. The monoisotopic (exact) mass is 322 g/mol. The summed E-state index contributed by atoms with van der Waals surface area (Å²) in [5.41, 5.74) is 0.849. The van der Waals surface area contributed by atoms with E-state index < -0.39 is 0 Å². The Labute approximate surface area is 137 Å². The third-order valence-electron chi connectivity index (χ3n) is 3.80. The van der Waals surface area contributed by atoms with Crippen LogP contribution in [0.1, 0.15) is 39.5 Å². The van der Waals surface area contributed by atoms with Crippen LogP contribution in [-0.4, -0.2) is 29.0 Å². The molecular formula is C17H26N2O2S. The van der Waals surface area contributed by atoms with Crippen LogP contribution in [-0.2, 0) is 0 Å². The van der Waals surface area contributed by atoms with E-state index in [2.05, 4.69) is 24.5 Å². The summed E-state index contributed by atoms with van der Waals surface area (Å²) in [6.07, 6.45) is 3.61. The molecule has 1 aliphatic rings. The normalized spacial score (nSPS) is 21.6. The van der Waals surface area contributed by atoms with E-state index >= 15 is 0 Å². The number of para-hydroxylation sites is 1. The fraction of sp³-hybridized carbons (Fsp3) is 0.588. The Bertz CT molecular complexity index is 493. The van der Waals surface area contributed by atoms with Gasteiger partial charge in [0.1, 0.15) is 0 Å². The number of thioether (sulfide) groups is 1. The summed E-state index contributed by atoms with van der Waals surface area (Å²) in [5.74, 6) is 0.384. The second-order valence-corrected chi connectivity index (χ2v) is 7.80. The summed E-state index contributed by atoms with van der Waals surface area (Å²) in [6.45, 7) is 4.90. The Morgan fingerprint density at radius 3 is 2.86 bits per heavy atom. The minimum atomic E-state index is -0.202. The van der Waals surface area contributed by atoms with Crippen LogP contribution >= 0.6 is 11.8 Å². The Kier molecular flexibility index (Phi) is 6.58. The molecule has 0 bridgehead atoms. The maximum absolute atomic E-state index is 12.1. The Morgan fingerprint density at radius 2 is 2.14 bits per heavy atom. The molecule has 0 aliphatic heterocycles. The zero-order chi connectivity index (χ0) is 15.9. The van der Waals surface area contributed by atoms with Crippen LogP contribution in [0.4, 0.5) is 10.5 Å². The minimum absolute atomic E-state index is 0.170. The van der Waals surface area contributed by atoms with E-state index in [-0.39, 0.29) is 12.1 Å². The van der Waals surface area contributed by atoms with Crippen molar-refractivity contribution in [1.82, 2.24) is 5.32 Å². The molecule has 1 aromatic carbocycles. The van der Waals surface area contributed by atoms with Gasteiger partial charge < -0.3 is 15.7 Å². The highest BCUT2D eigenvalue weighted by Crippen LogP contribution is 2.30. The largest absolute Gasteiger partial charge is 0.393 e. The molecule has 3 N–H and O–H groups in total. The summed E-state index contributed by atoms with van der Waals surface area (Å²) in [5, 5.41) is 16.0. The van der Waals surface area contributed by atoms with Crippen molar-refractivity contribution in [1.29, 1.82) is 0 Å². The lowest BCUT2D eigenvalue weighted by Gasteiger charge is -2.26. The molecule has 2 atom stereocenters. The molecule has 2 rings (SSSR count). The molecule has 1 aliphatic carbocycles. The molecule has 2 unspecified atom stereocenters. The summed E-state index contributed by atoms with van der Waals surface area (Å²) >= 11 is 1.74. The number of rotatable bonds is 5. The van der Waals surface area contributed by atoms with E-state index in [9.17, 15) is 9.90 Å². The fourth-order valence-electron chi connectivity index (χ4n) is 2.78. The van der Waals surface area contributed by atoms with Gasteiger partial charge in [-0.3, -0.25) is 0 Å². The Hall–Kier alpha value is -1.20. The number of benzene rings is 1. The van der Waals surface area contributed by atoms with E-state index in [0.717, 1.165) is 36.3 Å². The van der Waals surface area contributed by atoms with Gasteiger partial charge in [-0.15, -0.1) is 11.8 Å². The molecule has 5 heteroatoms. The number of urea groups is 1. The van der Waals surface area contributed by atoms with Crippen molar-refractivity contribution < 1.29 is 9.90 Å². The van der Waals surface area contributed by atoms with Crippen molar-refractivity contribution in [3.63, 3.8) is 0 Å². The quantitative estimate of drug-likeness (QED) is 0.721. The first-order chi connectivity index (χ1) is 10.5. The van der Waals surface area contributed by atoms with Crippen molar-refractivity contribution in [3.8, 4) is 0 Å². The number of aliphatic hydroxyl groups excluding tert-OH is 1. The molecule has 122 valence electrons. The molecule has 0 heterocycles. The minimum Gasteiger partial charge on any atom is -0.393 e. The van der Waals surface area contributed by atoms with Gasteiger partial charge in [-0.1, -0.05) is 32.4 Å². The number of amides is 2. The van der Waals surface area contributed by atoms with Gasteiger partial charge in [0.15, 0.2) is 0 Å². The summed E-state index contributed by atoms with van der Waals surface area (Å²) in [6, 6.07) is 7.69. The van der Waals surface area contributed by atoms with Crippen molar-refractivity contribution in [2.24, 2.45) is 5.92 Å². The van der Waals surface area contributed by atoms with E-state index in [0.29, 0.717) is 17.7 Å². The fourth-order valence-corrected chi connectivity index (χ4v) is 3.69. The smallest absolute Gasteiger partial charge is 0.319 e. The van der Waals surface area contributed by atoms with Gasteiger partial charge in [-0.2, -0.15) is 0 Å². The highest BCUT2D eigenvalue weighted by atomic mass is 32.2. The molecule has 1 saturated carbocycles. The van der Waals surface area contributed by atoms with Crippen molar-refractivity contribution in [3.05, 3.63) is 24.3 Å². The summed E-state index contributed by atoms with van der Waals surface area (Å²) in [7, 11) is 0. The topological polar surface area (TPSA) is 61.4 Å². The first-order valence-electron chi connectivity index (χ1n) is 8.03. The highest BCUT2D eigenvalue weighted by molar-refractivity contribution is 8.00. The number of hydrogen-bond donors (Lipinski definition) is 3. The predicted octanol–water partition coefficient (Wildman–Crippen LogP) is 3.86. The van der Waals surface area contributed by atoms with Crippen LogP contribution in [0.2, 0.25) is 0 Å². The van der Waals surface area contributed by atoms with Crippen molar-refractivity contribution in [2.45, 2.75) is 55.8 Å². The average Bonchev–Trinajstić information content (AvgIpc) is 2.47. The van der Waals surface area contributed by atoms with Gasteiger partial charge in [0.2, 0.25) is 0 Å². The number of carbonyl (C=O) groups excluding carboxylic acids is 1. The number of anilines is 1. The van der Waals surface area contributed by atoms with E-state index in [1.807, 2.05) is 24.3 Å². The zero-order valence-corrected chi connectivity index (χ0v) is 14.2. The van der Waals surface area contributed by atoms with Crippen LogP contribution in [0.25, 0.3) is 0 Å². The van der Waals surface area contributed by atoms with Crippen molar-refractivity contribution >= 4 is 23.5 Å². The van der Waals surface area contributed by atoms with Gasteiger partial charge in [-0.25, -0.2) is 4.79 Å². The second kappa shape index (κ2) is 8.44. The molecular weight excluding hydrogens is 296 g/mol. The standard InChI is InChI=1S/C17H26N2O2S/c1-12(2)22-16-9-4-3-8-15(16)19-17(21)18-11-13-6-5-7-14(20)10-13/h3-4,8-9,12-14,20H,5-7,10-11H2,1-2H3,(H2,18,19,21). The van der Waals surface area contributed by atoms with Crippen molar-refractivity contribution in [2.75, 3.05) is 11.9 Å². The molecule has 22 heavy (non-hydrogen) atoms. The molecule has 4 nitrogen and oxygen atoms in total. The maximum atomic E-state index is 12.1. The van der Waals surface area contributed by atoms with Gasteiger partial charge in [0, 0.05) is 16.7 Å². The number of nitrogens with one attached hydrogen (secondary N) is 2. The molecule has 2 amide bonds. The van der Waals surface area contributed by atoms with Gasteiger partial charge in [0.25, 0.3) is 0 Å². The van der Waals surface area contributed by atoms with E-state index in [1.165, 1.54) is 0 Å². The van der Waals surface area contributed by atoms with Crippen LogP contribution in [0, 0.1) is 5.92 Å². The van der Waals surface area contributed by atoms with Crippen LogP contribution in [0.3, 0.4) is 0 Å². The van der Waals surface area contributed by atoms with Gasteiger partial charge in [0.05, 0.1) is 11.8 Å². The molecule has 1 aromatic rings. The number of carbonyl (C=O) groups is 1. The number of hydrogen-bond acceptors (Lipinski definition) is 3. The number of aliphatic hydroxyl groups is 1. The van der Waals surface area contributed by atoms with Crippen LogP contribution < -0.4 is 10.6 Å². The molecule has 0 spiro atoms. The second-order valence-electron chi connectivity index (χ2n) is 6.18. The lowest BCUT2D eigenvalue weighted by Crippen LogP contribution is -2.35. The molecule has 0 radical (unpaired) electrons. The first-order valence-corrected chi connectivity index (χ1v) is 8.91. The predicted molar refractivity (Wildman–Crippen MR) is 92.4 cm³/mol. The lowest BCUT2D eigenvalue weighted by molar-refractivity contribution is 0.101. The van der Waals surface area contributed by atoms with Gasteiger partial charge >= 0.3 is 6.03 Å². The average molecular weight is 322 g/mol. The molecule has 0 saturated heterocycles. The first kappa shape index (κ1) is 17.2. The SMILES string of the molecule is CC(C)Sc1ccccc1NC(=O)NCC1CCCC(O)C1. The van der Waals surface area contributed by atoms with E-state index in [4.69, 9.17) is 0 Å². The van der Waals surface area contributed by atoms with Crippen LogP contribution in [0.5, 0.6) is 0 Å². The Balaban J connectivity index is 1.84. The third-order valence-corrected chi connectivity index (χ3v) is 4.89. The molecule has 0 aromatic heterocycles. The maximum Gasteiger partial charge on any atom is 0.319 e. The zero-order valence-electron chi connectivity index (χ0n) is 13.3. The summed E-state index contributed by atoms with van der Waals surface area (Å²) < 4.78 is 0. The lowest BCUT2D eigenvalue weighted by atomic mass is 9.87. The van der Waals surface area contributed by atoms with E-state index in [1.54, 1.807) is 11.8 Å². The molecule has 1 fully saturated rings.